The summed E-state index contributed by atoms with van der Waals surface area (Å²) in [6.45, 7) is 2.79. The van der Waals surface area contributed by atoms with Crippen molar-refractivity contribution in [1.82, 2.24) is 19.8 Å². The van der Waals surface area contributed by atoms with E-state index in [1.807, 2.05) is 11.9 Å². The lowest BCUT2D eigenvalue weighted by atomic mass is 9.95. The van der Waals surface area contributed by atoms with Crippen LogP contribution in [0.25, 0.3) is 0 Å². The lowest BCUT2D eigenvalue weighted by molar-refractivity contribution is -0.131. The fraction of sp³-hybridized carbons (Fsp3) is 0.476. The largest absolute Gasteiger partial charge is 0.342 e. The van der Waals surface area contributed by atoms with E-state index in [-0.39, 0.29) is 29.6 Å². The van der Waals surface area contributed by atoms with Crippen molar-refractivity contribution in [3.8, 4) is 0 Å². The number of nitrogens with zero attached hydrogens (tertiary/aromatic N) is 3. The first-order valence-electron chi connectivity index (χ1n) is 9.82. The number of likely N-dealkylation sites (tertiary alicyclic amines) is 1. The molecule has 148 valence electrons. The Kier molecular flexibility index (Phi) is 5.26. The van der Waals surface area contributed by atoms with E-state index < -0.39 is 0 Å². The number of halogens is 1. The lowest BCUT2D eigenvalue weighted by Gasteiger charge is -2.33. The molecule has 0 saturated carbocycles. The van der Waals surface area contributed by atoms with E-state index in [2.05, 4.69) is 9.88 Å². The molecule has 6 nitrogen and oxygen atoms in total. The van der Waals surface area contributed by atoms with Crippen LogP contribution in [0.3, 0.4) is 0 Å². The number of aromatic amines is 1. The van der Waals surface area contributed by atoms with E-state index in [4.69, 9.17) is 4.98 Å². The second-order valence-corrected chi connectivity index (χ2v) is 7.85. The quantitative estimate of drug-likeness (QED) is 0.877. The molecule has 0 spiro atoms. The molecule has 1 aromatic carbocycles. The van der Waals surface area contributed by atoms with Crippen molar-refractivity contribution in [2.45, 2.75) is 38.1 Å². The maximum atomic E-state index is 13.1. The molecule has 28 heavy (non-hydrogen) atoms. The van der Waals surface area contributed by atoms with Crippen molar-refractivity contribution < 1.29 is 9.18 Å². The van der Waals surface area contributed by atoms with Gasteiger partial charge in [0.1, 0.15) is 11.6 Å². The minimum absolute atomic E-state index is 0.0261. The minimum atomic E-state index is -0.303. The highest BCUT2D eigenvalue weighted by atomic mass is 19.1. The first-order valence-corrected chi connectivity index (χ1v) is 9.82. The van der Waals surface area contributed by atoms with Gasteiger partial charge in [-0.15, -0.1) is 0 Å². The van der Waals surface area contributed by atoms with Gasteiger partial charge in [0.25, 0.3) is 5.56 Å². The molecule has 2 aliphatic heterocycles. The summed E-state index contributed by atoms with van der Waals surface area (Å²) in [5.41, 5.74) is 2.41. The molecule has 0 radical (unpaired) electrons. The normalized spacial score (nSPS) is 20.1. The summed E-state index contributed by atoms with van der Waals surface area (Å²) in [6, 6.07) is 6.05. The van der Waals surface area contributed by atoms with Gasteiger partial charge in [-0.25, -0.2) is 9.37 Å². The predicted octanol–water partition coefficient (Wildman–Crippen LogP) is 1.85. The molecular weight excluding hydrogens is 359 g/mol. The summed E-state index contributed by atoms with van der Waals surface area (Å²) in [7, 11) is 2.00. The van der Waals surface area contributed by atoms with Gasteiger partial charge in [0.15, 0.2) is 0 Å². The molecule has 0 unspecified atom stereocenters. The molecule has 1 aromatic heterocycles. The van der Waals surface area contributed by atoms with Crippen LogP contribution in [0.1, 0.15) is 41.4 Å². The van der Waals surface area contributed by atoms with Crippen LogP contribution in [0.4, 0.5) is 4.39 Å². The van der Waals surface area contributed by atoms with Crippen molar-refractivity contribution in [1.29, 1.82) is 0 Å². The molecule has 0 aliphatic carbocycles. The van der Waals surface area contributed by atoms with Gasteiger partial charge < -0.3 is 14.8 Å². The Labute approximate surface area is 163 Å². The zero-order valence-electron chi connectivity index (χ0n) is 16.1. The Bertz CT molecular complexity index is 925. The number of benzene rings is 1. The standard InChI is InChI=1S/C21H25FN4O2/c1-25-10-8-18-17(13-25)21(28)24-20(23-18)15-3-2-9-26(12-15)19(27)11-14-4-6-16(22)7-5-14/h4-7,15H,2-3,8-13H2,1H3,(H,23,24,28)/t15-/m0/s1. The number of nitrogens with one attached hydrogen (secondary N) is 1. The van der Waals surface area contributed by atoms with E-state index in [1.54, 1.807) is 12.1 Å². The zero-order chi connectivity index (χ0) is 19.7. The third kappa shape index (κ3) is 3.99. The average molecular weight is 384 g/mol. The Hall–Kier alpha value is -2.54. The number of hydrogen-bond acceptors (Lipinski definition) is 4. The fourth-order valence-electron chi connectivity index (χ4n) is 4.09. The molecule has 3 heterocycles. The fourth-order valence-corrected chi connectivity index (χ4v) is 4.09. The van der Waals surface area contributed by atoms with E-state index in [0.29, 0.717) is 25.5 Å². The molecular formula is C21H25FN4O2. The topological polar surface area (TPSA) is 69.3 Å². The summed E-state index contributed by atoms with van der Waals surface area (Å²) < 4.78 is 13.1. The molecule has 1 atom stereocenters. The number of H-pyrrole nitrogens is 1. The first kappa shape index (κ1) is 18.8. The highest BCUT2D eigenvalue weighted by Crippen LogP contribution is 2.25. The molecule has 2 aliphatic rings. The van der Waals surface area contributed by atoms with Gasteiger partial charge in [-0.05, 0) is 37.6 Å². The summed E-state index contributed by atoms with van der Waals surface area (Å²) in [4.78, 5) is 36.9. The smallest absolute Gasteiger partial charge is 0.255 e. The summed E-state index contributed by atoms with van der Waals surface area (Å²) >= 11 is 0. The number of hydrogen-bond donors (Lipinski definition) is 1. The molecule has 2 aromatic rings. The Balaban J connectivity index is 1.48. The van der Waals surface area contributed by atoms with E-state index in [1.165, 1.54) is 12.1 Å². The van der Waals surface area contributed by atoms with E-state index in [9.17, 15) is 14.0 Å². The molecule has 7 heteroatoms. The number of carbonyl (C=O) groups is 1. The molecule has 4 rings (SSSR count). The number of fused-ring (bicyclic) bond motifs is 1. The molecule has 1 amide bonds. The second-order valence-electron chi connectivity index (χ2n) is 7.85. The maximum absolute atomic E-state index is 13.1. The number of rotatable bonds is 3. The van der Waals surface area contributed by atoms with Crippen molar-refractivity contribution in [2.75, 3.05) is 26.7 Å². The van der Waals surface area contributed by atoms with Crippen LogP contribution in [0, 0.1) is 5.82 Å². The summed E-state index contributed by atoms with van der Waals surface area (Å²) in [5, 5.41) is 0. The Morgan fingerprint density at radius 2 is 2.07 bits per heavy atom. The van der Waals surface area contributed by atoms with Gasteiger partial charge in [-0.2, -0.15) is 0 Å². The SMILES string of the molecule is CN1CCc2nc([C@H]3CCCN(C(=O)Cc4ccc(F)cc4)C3)[nH]c(=O)c2C1. The molecule has 1 N–H and O–H groups in total. The van der Waals surface area contributed by atoms with Gasteiger partial charge in [0.2, 0.25) is 5.91 Å². The first-order chi connectivity index (χ1) is 13.5. The van der Waals surface area contributed by atoms with Crippen molar-refractivity contribution in [2.24, 2.45) is 0 Å². The highest BCUT2D eigenvalue weighted by molar-refractivity contribution is 5.79. The van der Waals surface area contributed by atoms with Crippen LogP contribution in [0.5, 0.6) is 0 Å². The number of piperidine rings is 1. The van der Waals surface area contributed by atoms with Crippen LogP contribution in [0.15, 0.2) is 29.1 Å². The third-order valence-corrected chi connectivity index (χ3v) is 5.71. The zero-order valence-corrected chi connectivity index (χ0v) is 16.1. The number of aromatic nitrogens is 2. The maximum Gasteiger partial charge on any atom is 0.255 e. The van der Waals surface area contributed by atoms with E-state index >= 15 is 0 Å². The van der Waals surface area contributed by atoms with Gasteiger partial charge in [-0.3, -0.25) is 9.59 Å². The molecule has 1 fully saturated rings. The molecule has 1 saturated heterocycles. The number of carbonyl (C=O) groups excluding carboxylic acids is 1. The third-order valence-electron chi connectivity index (χ3n) is 5.71. The van der Waals surface area contributed by atoms with Crippen molar-refractivity contribution in [3.05, 3.63) is 63.1 Å². The number of likely N-dealkylation sites (N-methyl/N-ethyl adjacent to an activating group) is 1. The lowest BCUT2D eigenvalue weighted by Crippen LogP contribution is -2.41. The van der Waals surface area contributed by atoms with Crippen molar-refractivity contribution >= 4 is 5.91 Å². The monoisotopic (exact) mass is 384 g/mol. The second kappa shape index (κ2) is 7.83. The van der Waals surface area contributed by atoms with Crippen LogP contribution in [0.2, 0.25) is 0 Å². The van der Waals surface area contributed by atoms with Crippen LogP contribution in [-0.4, -0.2) is 52.4 Å². The Morgan fingerprint density at radius 3 is 2.86 bits per heavy atom. The number of amides is 1. The Morgan fingerprint density at radius 1 is 1.29 bits per heavy atom. The minimum Gasteiger partial charge on any atom is -0.342 e. The van der Waals surface area contributed by atoms with Gasteiger partial charge in [-0.1, -0.05) is 12.1 Å². The van der Waals surface area contributed by atoms with E-state index in [0.717, 1.165) is 42.6 Å². The van der Waals surface area contributed by atoms with Crippen molar-refractivity contribution in [3.63, 3.8) is 0 Å². The van der Waals surface area contributed by atoms with Crippen LogP contribution < -0.4 is 5.56 Å². The summed E-state index contributed by atoms with van der Waals surface area (Å²) in [5.74, 6) is 0.470. The van der Waals surface area contributed by atoms with Gasteiger partial charge in [0, 0.05) is 38.5 Å². The summed E-state index contributed by atoms with van der Waals surface area (Å²) in [6.07, 6.45) is 2.82. The molecule has 0 bridgehead atoms. The van der Waals surface area contributed by atoms with Crippen LogP contribution in [-0.2, 0) is 24.2 Å². The predicted molar refractivity (Wildman–Crippen MR) is 104 cm³/mol. The van der Waals surface area contributed by atoms with Crippen LogP contribution >= 0.6 is 0 Å². The average Bonchev–Trinajstić information content (AvgIpc) is 2.70. The highest BCUT2D eigenvalue weighted by Gasteiger charge is 2.28. The van der Waals surface area contributed by atoms with Gasteiger partial charge in [0.05, 0.1) is 17.7 Å². The van der Waals surface area contributed by atoms with Gasteiger partial charge >= 0.3 is 0 Å².